The minimum atomic E-state index is -0.440. The number of unbranched alkanes of at least 4 members (excludes halogenated alkanes) is 5. The van der Waals surface area contributed by atoms with E-state index in [4.69, 9.17) is 5.73 Å². The zero-order chi connectivity index (χ0) is 22.2. The molecule has 0 radical (unpaired) electrons. The third kappa shape index (κ3) is 6.44. The molecule has 6 heteroatoms. The smallest absolute Gasteiger partial charge is 0.286 e. The molecule has 1 heterocycles. The Labute approximate surface area is 188 Å². The van der Waals surface area contributed by atoms with Crippen LogP contribution in [0.25, 0.3) is 11.1 Å². The number of carbonyl (C=O) groups is 3. The predicted molar refractivity (Wildman–Crippen MR) is 126 cm³/mol. The van der Waals surface area contributed by atoms with Gasteiger partial charge in [0.1, 0.15) is 0 Å². The van der Waals surface area contributed by atoms with E-state index in [0.717, 1.165) is 41.3 Å². The number of hydrogen-bond acceptors (Lipinski definition) is 4. The number of imide groups is 1. The lowest BCUT2D eigenvalue weighted by Gasteiger charge is -2.14. The van der Waals surface area contributed by atoms with E-state index in [-0.39, 0.29) is 16.4 Å². The van der Waals surface area contributed by atoms with E-state index >= 15 is 0 Å². The van der Waals surface area contributed by atoms with Gasteiger partial charge in [-0.25, -0.2) is 0 Å². The normalized spacial score (nSPS) is 15.8. The topological polar surface area (TPSA) is 89.3 Å². The summed E-state index contributed by atoms with van der Waals surface area (Å²) >= 11 is 1.06. The van der Waals surface area contributed by atoms with Crippen molar-refractivity contribution in [2.24, 2.45) is 5.73 Å². The lowest BCUT2D eigenvalue weighted by atomic mass is 9.92. The number of nitrogens with two attached hydrogens (primary N) is 1. The van der Waals surface area contributed by atoms with Crippen molar-refractivity contribution >= 4 is 28.8 Å². The average molecular weight is 439 g/mol. The van der Waals surface area contributed by atoms with Crippen LogP contribution in [0.15, 0.2) is 42.5 Å². The van der Waals surface area contributed by atoms with E-state index in [9.17, 15) is 14.4 Å². The lowest BCUT2D eigenvalue weighted by Crippen LogP contribution is -2.25. The van der Waals surface area contributed by atoms with Gasteiger partial charge in [0.25, 0.3) is 5.24 Å². The van der Waals surface area contributed by atoms with Crippen LogP contribution in [0, 0.1) is 0 Å². The quantitative estimate of drug-likeness (QED) is 0.469. The third-order valence-corrected chi connectivity index (χ3v) is 6.60. The summed E-state index contributed by atoms with van der Waals surface area (Å²) in [5.74, 6) is -0.657. The molecule has 0 aromatic heterocycles. The Morgan fingerprint density at radius 1 is 1.03 bits per heavy atom. The average Bonchev–Trinajstić information content (AvgIpc) is 3.07. The molecule has 2 aromatic carbocycles. The highest BCUT2D eigenvalue weighted by molar-refractivity contribution is 8.15. The Hall–Kier alpha value is -2.60. The Bertz CT molecular complexity index is 958. The molecule has 1 aliphatic rings. The van der Waals surface area contributed by atoms with Crippen molar-refractivity contribution in [2.75, 3.05) is 0 Å². The monoisotopic (exact) mass is 438 g/mol. The summed E-state index contributed by atoms with van der Waals surface area (Å²) in [5.41, 5.74) is 10.2. The van der Waals surface area contributed by atoms with E-state index in [1.54, 1.807) is 6.07 Å². The summed E-state index contributed by atoms with van der Waals surface area (Å²) in [4.78, 5) is 35.1. The highest BCUT2D eigenvalue weighted by atomic mass is 32.2. The van der Waals surface area contributed by atoms with E-state index in [1.807, 2.05) is 24.3 Å². The molecule has 3 rings (SSSR count). The van der Waals surface area contributed by atoms with Crippen molar-refractivity contribution in [1.82, 2.24) is 5.32 Å². The summed E-state index contributed by atoms with van der Waals surface area (Å²) < 4.78 is 0. The van der Waals surface area contributed by atoms with Crippen molar-refractivity contribution in [1.29, 1.82) is 0 Å². The lowest BCUT2D eigenvalue weighted by molar-refractivity contribution is -0.118. The first-order valence-electron chi connectivity index (χ1n) is 11.0. The molecule has 1 unspecified atom stereocenters. The summed E-state index contributed by atoms with van der Waals surface area (Å²) in [6.45, 7) is 2.22. The van der Waals surface area contributed by atoms with Gasteiger partial charge >= 0.3 is 0 Å². The maximum atomic E-state index is 12.0. The fourth-order valence-electron chi connectivity index (χ4n) is 3.94. The van der Waals surface area contributed by atoms with Crippen LogP contribution >= 0.6 is 11.8 Å². The number of primary amides is 1. The fraction of sp³-hybridized carbons (Fsp3) is 0.400. The number of thioether (sulfide) groups is 1. The highest BCUT2D eigenvalue weighted by Crippen LogP contribution is 2.30. The number of benzene rings is 2. The number of nitrogens with one attached hydrogen (secondary N) is 1. The first kappa shape index (κ1) is 23.1. The first-order valence-corrected chi connectivity index (χ1v) is 11.9. The molecule has 1 aliphatic heterocycles. The third-order valence-electron chi connectivity index (χ3n) is 5.62. The largest absolute Gasteiger partial charge is 0.366 e. The van der Waals surface area contributed by atoms with Gasteiger partial charge in [-0.2, -0.15) is 0 Å². The van der Waals surface area contributed by atoms with Gasteiger partial charge in [-0.1, -0.05) is 81.1 Å². The van der Waals surface area contributed by atoms with Gasteiger partial charge in [0.05, 0.1) is 5.25 Å². The second-order valence-corrected chi connectivity index (χ2v) is 9.22. The summed E-state index contributed by atoms with van der Waals surface area (Å²) in [7, 11) is 0. The Morgan fingerprint density at radius 2 is 1.81 bits per heavy atom. The molecule has 31 heavy (non-hydrogen) atoms. The molecule has 0 bridgehead atoms. The van der Waals surface area contributed by atoms with Gasteiger partial charge in [-0.15, -0.1) is 0 Å². The minimum absolute atomic E-state index is 0.217. The van der Waals surface area contributed by atoms with Crippen molar-refractivity contribution < 1.29 is 14.4 Å². The molecule has 0 spiro atoms. The molecular weight excluding hydrogens is 408 g/mol. The molecule has 2 aromatic rings. The van der Waals surface area contributed by atoms with E-state index < -0.39 is 5.91 Å². The molecule has 3 N–H and O–H groups in total. The van der Waals surface area contributed by atoms with Gasteiger partial charge in [0.15, 0.2) is 0 Å². The predicted octanol–water partition coefficient (Wildman–Crippen LogP) is 5.25. The molecule has 1 fully saturated rings. The van der Waals surface area contributed by atoms with Gasteiger partial charge in [-0.05, 0) is 53.6 Å². The van der Waals surface area contributed by atoms with Crippen molar-refractivity contribution in [3.63, 3.8) is 0 Å². The van der Waals surface area contributed by atoms with Crippen LogP contribution in [0.4, 0.5) is 4.79 Å². The molecule has 1 atom stereocenters. The zero-order valence-corrected chi connectivity index (χ0v) is 18.8. The summed E-state index contributed by atoms with van der Waals surface area (Å²) in [6.07, 6.45) is 8.74. The Balaban J connectivity index is 1.81. The van der Waals surface area contributed by atoms with Crippen molar-refractivity contribution in [2.45, 2.75) is 63.5 Å². The van der Waals surface area contributed by atoms with Gasteiger partial charge in [-0.3, -0.25) is 19.7 Å². The van der Waals surface area contributed by atoms with Crippen LogP contribution in [0.2, 0.25) is 0 Å². The molecule has 3 amide bonds. The molecule has 1 saturated heterocycles. The van der Waals surface area contributed by atoms with E-state index in [0.29, 0.717) is 12.0 Å². The van der Waals surface area contributed by atoms with Gasteiger partial charge < -0.3 is 5.73 Å². The highest BCUT2D eigenvalue weighted by Gasteiger charge is 2.31. The molecule has 0 aliphatic carbocycles. The van der Waals surface area contributed by atoms with Crippen LogP contribution in [0.5, 0.6) is 0 Å². The molecule has 164 valence electrons. The SMILES string of the molecule is CCCCCCCCc1cc(CC2SC(=O)NC2=O)ccc1-c1cccc(C(N)=O)c1. The number of hydrogen-bond donors (Lipinski definition) is 2. The van der Waals surface area contributed by atoms with Crippen LogP contribution in [0.1, 0.15) is 66.9 Å². The second-order valence-electron chi connectivity index (χ2n) is 8.04. The van der Waals surface area contributed by atoms with E-state index in [1.165, 1.54) is 37.7 Å². The Kier molecular flexibility index (Phi) is 8.29. The molecular formula is C25H30N2O3S. The number of carbonyl (C=O) groups excluding carboxylic acids is 3. The minimum Gasteiger partial charge on any atom is -0.366 e. The summed E-state index contributed by atoms with van der Waals surface area (Å²) in [6, 6.07) is 13.6. The molecule has 0 saturated carbocycles. The van der Waals surface area contributed by atoms with Crippen molar-refractivity contribution in [3.05, 3.63) is 59.2 Å². The zero-order valence-electron chi connectivity index (χ0n) is 18.0. The number of rotatable bonds is 11. The van der Waals surface area contributed by atoms with E-state index in [2.05, 4.69) is 24.4 Å². The first-order chi connectivity index (χ1) is 15.0. The standard InChI is InChI=1S/C25H30N2O3S/c1-2-3-4-5-6-7-9-18-14-17(15-22-24(29)27-25(30)31-22)12-13-21(18)19-10-8-11-20(16-19)23(26)28/h8,10-14,16,22H,2-7,9,15H2,1H3,(H2,26,28)(H,27,29,30). The van der Waals surface area contributed by atoms with Gasteiger partial charge in [0, 0.05) is 5.56 Å². The van der Waals surface area contributed by atoms with Crippen molar-refractivity contribution in [3.8, 4) is 11.1 Å². The second kappa shape index (κ2) is 11.1. The summed E-state index contributed by atoms with van der Waals surface area (Å²) in [5, 5.41) is 1.70. The van der Waals surface area contributed by atoms with Crippen LogP contribution < -0.4 is 11.1 Å². The van der Waals surface area contributed by atoms with Crippen LogP contribution in [0.3, 0.4) is 0 Å². The number of aryl methyl sites for hydroxylation is 1. The number of amides is 3. The van der Waals surface area contributed by atoms with Crippen LogP contribution in [-0.4, -0.2) is 22.3 Å². The fourth-order valence-corrected chi connectivity index (χ4v) is 4.80. The van der Waals surface area contributed by atoms with Crippen LogP contribution in [-0.2, 0) is 17.6 Å². The van der Waals surface area contributed by atoms with Gasteiger partial charge in [0.2, 0.25) is 11.8 Å². The Morgan fingerprint density at radius 3 is 2.52 bits per heavy atom. The maximum absolute atomic E-state index is 12.0. The maximum Gasteiger partial charge on any atom is 0.286 e. The molecule has 5 nitrogen and oxygen atoms in total.